The molecule has 0 saturated heterocycles. The Balaban J connectivity index is 1.58. The molecule has 2 N–H and O–H groups in total. The summed E-state index contributed by atoms with van der Waals surface area (Å²) < 4.78 is 8.22. The topological polar surface area (TPSA) is 111 Å². The van der Waals surface area contributed by atoms with Crippen molar-refractivity contribution in [3.05, 3.63) is 93.2 Å². The molecule has 9 nitrogen and oxygen atoms in total. The molecular weight excluding hydrogens is 422 g/mol. The first-order valence-electron chi connectivity index (χ1n) is 10.3. The van der Waals surface area contributed by atoms with Crippen LogP contribution in [-0.2, 0) is 7.05 Å². The first-order valence-corrected chi connectivity index (χ1v) is 10.3. The third-order valence-electron chi connectivity index (χ3n) is 5.44. The zero-order valence-corrected chi connectivity index (χ0v) is 18.7. The van der Waals surface area contributed by atoms with Gasteiger partial charge in [0.25, 0.3) is 17.4 Å². The minimum Gasteiger partial charge on any atom is -0.361 e. The van der Waals surface area contributed by atoms with Crippen LogP contribution in [0.25, 0.3) is 5.69 Å². The number of carbonyl (C=O) groups is 2. The summed E-state index contributed by atoms with van der Waals surface area (Å²) in [6.45, 7) is 5.10. The monoisotopic (exact) mass is 445 g/mol. The van der Waals surface area contributed by atoms with Crippen LogP contribution in [0.4, 0.5) is 11.4 Å². The van der Waals surface area contributed by atoms with E-state index in [-0.39, 0.29) is 17.2 Å². The van der Waals surface area contributed by atoms with Gasteiger partial charge in [0, 0.05) is 18.3 Å². The number of nitrogens with one attached hydrogen (secondary N) is 2. The Kier molecular flexibility index (Phi) is 5.70. The van der Waals surface area contributed by atoms with Crippen LogP contribution in [0, 0.1) is 20.8 Å². The van der Waals surface area contributed by atoms with Gasteiger partial charge in [-0.2, -0.15) is 0 Å². The van der Waals surface area contributed by atoms with Gasteiger partial charge in [-0.3, -0.25) is 19.1 Å². The molecule has 0 saturated carbocycles. The van der Waals surface area contributed by atoms with E-state index in [0.717, 1.165) is 0 Å². The Bertz CT molecular complexity index is 1390. The van der Waals surface area contributed by atoms with E-state index >= 15 is 0 Å². The minimum atomic E-state index is -0.463. The third kappa shape index (κ3) is 4.08. The number of hydrogen-bond acceptors (Lipinski definition) is 5. The SMILES string of the molecule is Cc1noc(C)c1C(=O)Nc1cccc(C(=O)Nc2c(C)n(C)n(-c3ccccc3)c2=O)c1. The van der Waals surface area contributed by atoms with Crippen molar-refractivity contribution in [1.82, 2.24) is 14.5 Å². The maximum atomic E-state index is 13.0. The van der Waals surface area contributed by atoms with Crippen LogP contribution >= 0.6 is 0 Å². The first kappa shape index (κ1) is 21.8. The molecule has 0 spiro atoms. The molecule has 168 valence electrons. The molecule has 4 aromatic rings. The highest BCUT2D eigenvalue weighted by atomic mass is 16.5. The molecule has 2 aromatic heterocycles. The average molecular weight is 445 g/mol. The number of hydrogen-bond donors (Lipinski definition) is 2. The van der Waals surface area contributed by atoms with Crippen LogP contribution in [0.3, 0.4) is 0 Å². The average Bonchev–Trinajstić information content (AvgIpc) is 3.24. The first-order chi connectivity index (χ1) is 15.8. The Hall–Kier alpha value is -4.40. The van der Waals surface area contributed by atoms with Gasteiger partial charge in [0.15, 0.2) is 0 Å². The normalized spacial score (nSPS) is 10.8. The van der Waals surface area contributed by atoms with Crippen LogP contribution in [0.5, 0.6) is 0 Å². The maximum Gasteiger partial charge on any atom is 0.295 e. The minimum absolute atomic E-state index is 0.191. The lowest BCUT2D eigenvalue weighted by Gasteiger charge is -2.08. The molecule has 33 heavy (non-hydrogen) atoms. The molecule has 9 heteroatoms. The van der Waals surface area contributed by atoms with Crippen molar-refractivity contribution >= 4 is 23.2 Å². The fourth-order valence-electron chi connectivity index (χ4n) is 3.64. The zero-order chi connectivity index (χ0) is 23.7. The molecule has 0 aliphatic rings. The molecule has 2 aromatic carbocycles. The van der Waals surface area contributed by atoms with Crippen molar-refractivity contribution in [3.63, 3.8) is 0 Å². The van der Waals surface area contributed by atoms with E-state index in [1.54, 1.807) is 56.8 Å². The smallest absolute Gasteiger partial charge is 0.295 e. The zero-order valence-electron chi connectivity index (χ0n) is 18.7. The number of aryl methyl sites for hydroxylation is 2. The summed E-state index contributed by atoms with van der Waals surface area (Å²) >= 11 is 0. The van der Waals surface area contributed by atoms with Crippen molar-refractivity contribution in [2.24, 2.45) is 7.05 Å². The quantitative estimate of drug-likeness (QED) is 0.488. The van der Waals surface area contributed by atoms with Crippen LogP contribution in [0.1, 0.15) is 37.9 Å². The van der Waals surface area contributed by atoms with Crippen molar-refractivity contribution < 1.29 is 14.1 Å². The van der Waals surface area contributed by atoms with E-state index in [1.807, 2.05) is 30.3 Å². The summed E-state index contributed by atoms with van der Waals surface area (Å²) in [5.41, 5.74) is 2.71. The van der Waals surface area contributed by atoms with Crippen molar-refractivity contribution in [2.75, 3.05) is 10.6 Å². The molecule has 4 rings (SSSR count). The van der Waals surface area contributed by atoms with Gasteiger partial charge in [0.1, 0.15) is 17.0 Å². The second-order valence-corrected chi connectivity index (χ2v) is 7.62. The molecule has 2 heterocycles. The molecule has 0 aliphatic heterocycles. The van der Waals surface area contributed by atoms with E-state index in [1.165, 1.54) is 4.68 Å². The summed E-state index contributed by atoms with van der Waals surface area (Å²) in [6, 6.07) is 15.6. The molecule has 2 amide bonds. The van der Waals surface area contributed by atoms with Crippen molar-refractivity contribution in [3.8, 4) is 5.69 Å². The second kappa shape index (κ2) is 8.62. The predicted octanol–water partition coefficient (Wildman–Crippen LogP) is 3.59. The largest absolute Gasteiger partial charge is 0.361 e. The number of benzene rings is 2. The molecule has 0 bridgehead atoms. The van der Waals surface area contributed by atoms with Gasteiger partial charge in [-0.1, -0.05) is 29.4 Å². The Morgan fingerprint density at radius 3 is 2.33 bits per heavy atom. The van der Waals surface area contributed by atoms with Gasteiger partial charge >= 0.3 is 0 Å². The molecule has 0 fully saturated rings. The highest BCUT2D eigenvalue weighted by Crippen LogP contribution is 2.19. The highest BCUT2D eigenvalue weighted by Gasteiger charge is 2.20. The van der Waals surface area contributed by atoms with Crippen LogP contribution in [-0.4, -0.2) is 26.3 Å². The maximum absolute atomic E-state index is 13.0. The summed E-state index contributed by atoms with van der Waals surface area (Å²) in [7, 11) is 1.75. The van der Waals surface area contributed by atoms with Gasteiger partial charge in [-0.05, 0) is 51.1 Å². The van der Waals surface area contributed by atoms with Crippen LogP contribution in [0.2, 0.25) is 0 Å². The molecular formula is C24H23N5O4. The van der Waals surface area contributed by atoms with Gasteiger partial charge in [0.2, 0.25) is 0 Å². The highest BCUT2D eigenvalue weighted by molar-refractivity contribution is 6.08. The lowest BCUT2D eigenvalue weighted by molar-refractivity contribution is 0.101. The molecule has 0 atom stereocenters. The van der Waals surface area contributed by atoms with Crippen molar-refractivity contribution in [2.45, 2.75) is 20.8 Å². The van der Waals surface area contributed by atoms with Crippen LogP contribution < -0.4 is 16.2 Å². The van der Waals surface area contributed by atoms with Gasteiger partial charge in [0.05, 0.1) is 17.1 Å². The second-order valence-electron chi connectivity index (χ2n) is 7.62. The standard InChI is InChI=1S/C24H23N5O4/c1-14-20(16(3)33-27-14)23(31)25-18-10-8-9-17(13-18)22(30)26-21-15(2)28(4)29(24(21)32)19-11-6-5-7-12-19/h5-13H,1-4H3,(H,25,31)(H,26,30). The molecule has 0 radical (unpaired) electrons. The predicted molar refractivity (Wildman–Crippen MR) is 124 cm³/mol. The summed E-state index contributed by atoms with van der Waals surface area (Å²) in [4.78, 5) is 38.6. The molecule has 0 unspecified atom stereocenters. The number of amides is 2. The molecule has 0 aliphatic carbocycles. The number of rotatable bonds is 5. The number of nitrogens with zero attached hydrogens (tertiary/aromatic N) is 3. The van der Waals surface area contributed by atoms with E-state index in [4.69, 9.17) is 4.52 Å². The van der Waals surface area contributed by atoms with Gasteiger partial charge < -0.3 is 15.2 Å². The Labute approximate surface area is 189 Å². The third-order valence-corrected chi connectivity index (χ3v) is 5.44. The van der Waals surface area contributed by atoms with E-state index in [0.29, 0.717) is 39.6 Å². The van der Waals surface area contributed by atoms with E-state index < -0.39 is 5.91 Å². The van der Waals surface area contributed by atoms with Crippen molar-refractivity contribution in [1.29, 1.82) is 0 Å². The number of anilines is 2. The van der Waals surface area contributed by atoms with Crippen LogP contribution in [0.15, 0.2) is 63.9 Å². The summed E-state index contributed by atoms with van der Waals surface area (Å²) in [5, 5.41) is 9.26. The number of aromatic nitrogens is 3. The number of carbonyl (C=O) groups excluding carboxylic acids is 2. The van der Waals surface area contributed by atoms with Gasteiger partial charge in [-0.25, -0.2) is 4.68 Å². The lowest BCUT2D eigenvalue weighted by Crippen LogP contribution is -2.23. The summed E-state index contributed by atoms with van der Waals surface area (Å²) in [5.74, 6) is -0.434. The fourth-order valence-corrected chi connectivity index (χ4v) is 3.64. The fraction of sp³-hybridized carbons (Fsp3) is 0.167. The van der Waals surface area contributed by atoms with Gasteiger partial charge in [-0.15, -0.1) is 0 Å². The lowest BCUT2D eigenvalue weighted by atomic mass is 10.1. The Morgan fingerprint density at radius 2 is 1.67 bits per heavy atom. The summed E-state index contributed by atoms with van der Waals surface area (Å²) in [6.07, 6.45) is 0. The van der Waals surface area contributed by atoms with E-state index in [9.17, 15) is 14.4 Å². The Morgan fingerprint density at radius 1 is 0.939 bits per heavy atom. The number of para-hydroxylation sites is 1. The van der Waals surface area contributed by atoms with E-state index in [2.05, 4.69) is 15.8 Å².